The van der Waals surface area contributed by atoms with Crippen LogP contribution in [0.25, 0.3) is 0 Å². The smallest absolute Gasteiger partial charge is 0.255 e. The zero-order valence-electron chi connectivity index (χ0n) is 17.9. The Balaban J connectivity index is 1.33. The SMILES string of the molecule is O=C(Nc1ccccc1C(=O)N1CCCCC1)C1CCN(Cc2cccc(Cl)c2)CC1. The van der Waals surface area contributed by atoms with E-state index in [0.717, 1.165) is 63.4 Å². The van der Waals surface area contributed by atoms with Crippen LogP contribution in [-0.4, -0.2) is 47.8 Å². The second-order valence-electron chi connectivity index (χ2n) is 8.57. The first kappa shape index (κ1) is 21.8. The largest absolute Gasteiger partial charge is 0.339 e. The van der Waals surface area contributed by atoms with Gasteiger partial charge >= 0.3 is 0 Å². The first-order valence-electron chi connectivity index (χ1n) is 11.3. The number of hydrogen-bond acceptors (Lipinski definition) is 3. The number of piperidine rings is 2. The standard InChI is InChI=1S/C25H30ClN3O2/c26-21-8-6-7-19(17-21)18-28-15-11-20(12-16-28)24(30)27-23-10-3-2-9-22(23)25(31)29-13-4-1-5-14-29/h2-3,6-10,17,20H,1,4-5,11-16,18H2,(H,27,30). The van der Waals surface area contributed by atoms with Crippen molar-refractivity contribution in [2.24, 2.45) is 5.92 Å². The topological polar surface area (TPSA) is 52.7 Å². The predicted molar refractivity (Wildman–Crippen MR) is 124 cm³/mol. The van der Waals surface area contributed by atoms with Crippen LogP contribution < -0.4 is 5.32 Å². The molecule has 4 rings (SSSR count). The van der Waals surface area contributed by atoms with E-state index in [4.69, 9.17) is 11.6 Å². The molecular formula is C25H30ClN3O2. The molecule has 2 aliphatic rings. The van der Waals surface area contributed by atoms with Crippen molar-refractivity contribution in [3.8, 4) is 0 Å². The number of hydrogen-bond donors (Lipinski definition) is 1. The van der Waals surface area contributed by atoms with Crippen LogP contribution in [0, 0.1) is 5.92 Å². The summed E-state index contributed by atoms with van der Waals surface area (Å²) in [6.45, 7) is 4.19. The average Bonchev–Trinajstić information content (AvgIpc) is 2.80. The molecule has 2 aromatic carbocycles. The fourth-order valence-corrected chi connectivity index (χ4v) is 4.74. The fraction of sp³-hybridized carbons (Fsp3) is 0.440. The summed E-state index contributed by atoms with van der Waals surface area (Å²) in [7, 11) is 0. The number of nitrogens with one attached hydrogen (secondary N) is 1. The van der Waals surface area contributed by atoms with Crippen molar-refractivity contribution in [3.63, 3.8) is 0 Å². The molecule has 0 atom stereocenters. The van der Waals surface area contributed by atoms with E-state index in [1.54, 1.807) is 0 Å². The van der Waals surface area contributed by atoms with Crippen LogP contribution in [0.15, 0.2) is 48.5 Å². The van der Waals surface area contributed by atoms with E-state index in [-0.39, 0.29) is 17.7 Å². The van der Waals surface area contributed by atoms with Gasteiger partial charge in [0, 0.05) is 30.6 Å². The Morgan fingerprint density at radius 3 is 2.42 bits per heavy atom. The van der Waals surface area contributed by atoms with E-state index >= 15 is 0 Å². The minimum Gasteiger partial charge on any atom is -0.339 e. The van der Waals surface area contributed by atoms with Crippen LogP contribution in [-0.2, 0) is 11.3 Å². The maximum Gasteiger partial charge on any atom is 0.255 e. The van der Waals surface area contributed by atoms with Crippen molar-refractivity contribution in [3.05, 3.63) is 64.7 Å². The van der Waals surface area contributed by atoms with E-state index in [1.165, 1.54) is 12.0 Å². The van der Waals surface area contributed by atoms with Crippen LogP contribution in [0.2, 0.25) is 5.02 Å². The lowest BCUT2D eigenvalue weighted by molar-refractivity contribution is -0.121. The van der Waals surface area contributed by atoms with Gasteiger partial charge in [-0.05, 0) is 75.0 Å². The number of amides is 2. The molecule has 1 N–H and O–H groups in total. The zero-order valence-corrected chi connectivity index (χ0v) is 18.6. The molecule has 0 unspecified atom stereocenters. The van der Waals surface area contributed by atoms with Gasteiger partial charge in [-0.3, -0.25) is 14.5 Å². The van der Waals surface area contributed by atoms with E-state index in [2.05, 4.69) is 16.3 Å². The van der Waals surface area contributed by atoms with Gasteiger partial charge in [-0.15, -0.1) is 0 Å². The first-order valence-corrected chi connectivity index (χ1v) is 11.6. The van der Waals surface area contributed by atoms with E-state index in [1.807, 2.05) is 47.4 Å². The molecule has 2 saturated heterocycles. The molecule has 0 radical (unpaired) electrons. The Kier molecular flexibility index (Phi) is 7.25. The van der Waals surface area contributed by atoms with Crippen molar-refractivity contribution in [2.45, 2.75) is 38.6 Å². The van der Waals surface area contributed by atoms with Gasteiger partial charge in [0.05, 0.1) is 11.3 Å². The first-order chi connectivity index (χ1) is 15.1. The minimum absolute atomic E-state index is 0.0151. The molecule has 0 aliphatic carbocycles. The fourth-order valence-electron chi connectivity index (χ4n) is 4.53. The molecule has 0 aromatic heterocycles. The average molecular weight is 440 g/mol. The van der Waals surface area contributed by atoms with Crippen LogP contribution in [0.4, 0.5) is 5.69 Å². The summed E-state index contributed by atoms with van der Waals surface area (Å²) >= 11 is 6.09. The zero-order chi connectivity index (χ0) is 21.6. The van der Waals surface area contributed by atoms with E-state index in [0.29, 0.717) is 11.3 Å². The van der Waals surface area contributed by atoms with E-state index in [9.17, 15) is 9.59 Å². The van der Waals surface area contributed by atoms with Gasteiger partial charge < -0.3 is 10.2 Å². The molecule has 0 bridgehead atoms. The molecule has 31 heavy (non-hydrogen) atoms. The lowest BCUT2D eigenvalue weighted by Gasteiger charge is -2.31. The third kappa shape index (κ3) is 5.66. The third-order valence-corrected chi connectivity index (χ3v) is 6.55. The molecule has 2 aromatic rings. The number of anilines is 1. The highest BCUT2D eigenvalue weighted by Crippen LogP contribution is 2.24. The number of rotatable bonds is 5. The van der Waals surface area contributed by atoms with Crippen molar-refractivity contribution in [2.75, 3.05) is 31.5 Å². The van der Waals surface area contributed by atoms with Crippen molar-refractivity contribution in [1.29, 1.82) is 0 Å². The highest BCUT2D eigenvalue weighted by molar-refractivity contribution is 6.30. The summed E-state index contributed by atoms with van der Waals surface area (Å²) in [6.07, 6.45) is 4.91. The summed E-state index contributed by atoms with van der Waals surface area (Å²) in [5, 5.41) is 3.80. The molecule has 2 amide bonds. The normalized spacial score (nSPS) is 18.0. The molecule has 0 spiro atoms. The minimum atomic E-state index is -0.0336. The van der Waals surface area contributed by atoms with Crippen molar-refractivity contribution < 1.29 is 9.59 Å². The predicted octanol–water partition coefficient (Wildman–Crippen LogP) is 4.82. The number of carbonyl (C=O) groups is 2. The Labute approximate surface area is 189 Å². The summed E-state index contributed by atoms with van der Waals surface area (Å²) in [5.74, 6) is 0.00185. The lowest BCUT2D eigenvalue weighted by atomic mass is 9.95. The molecule has 2 fully saturated rings. The molecule has 2 aliphatic heterocycles. The van der Waals surface area contributed by atoms with Crippen LogP contribution in [0.3, 0.4) is 0 Å². The summed E-state index contributed by atoms with van der Waals surface area (Å²) < 4.78 is 0. The van der Waals surface area contributed by atoms with Gasteiger partial charge in [0.2, 0.25) is 5.91 Å². The number of nitrogens with zero attached hydrogens (tertiary/aromatic N) is 2. The Morgan fingerprint density at radius 1 is 0.935 bits per heavy atom. The third-order valence-electron chi connectivity index (χ3n) is 6.31. The highest BCUT2D eigenvalue weighted by atomic mass is 35.5. The summed E-state index contributed by atoms with van der Waals surface area (Å²) in [6, 6.07) is 15.3. The van der Waals surface area contributed by atoms with Gasteiger partial charge in [0.25, 0.3) is 5.91 Å². The van der Waals surface area contributed by atoms with Crippen LogP contribution >= 0.6 is 11.6 Å². The second-order valence-corrected chi connectivity index (χ2v) is 9.00. The molecular weight excluding hydrogens is 410 g/mol. The molecule has 6 heteroatoms. The van der Waals surface area contributed by atoms with Crippen molar-refractivity contribution in [1.82, 2.24) is 9.80 Å². The molecule has 0 saturated carbocycles. The highest BCUT2D eigenvalue weighted by Gasteiger charge is 2.27. The Morgan fingerprint density at radius 2 is 1.68 bits per heavy atom. The van der Waals surface area contributed by atoms with Gasteiger partial charge in [-0.25, -0.2) is 0 Å². The maximum atomic E-state index is 13.0. The van der Waals surface area contributed by atoms with Gasteiger partial charge in [-0.2, -0.15) is 0 Å². The number of para-hydroxylation sites is 1. The van der Waals surface area contributed by atoms with Crippen LogP contribution in [0.5, 0.6) is 0 Å². The molecule has 2 heterocycles. The lowest BCUT2D eigenvalue weighted by Crippen LogP contribution is -2.38. The number of benzene rings is 2. The summed E-state index contributed by atoms with van der Waals surface area (Å²) in [5.41, 5.74) is 2.42. The Hall–Kier alpha value is -2.37. The second kappa shape index (κ2) is 10.3. The number of halogens is 1. The molecule has 5 nitrogen and oxygen atoms in total. The molecule has 164 valence electrons. The van der Waals surface area contributed by atoms with Gasteiger partial charge in [0.1, 0.15) is 0 Å². The number of likely N-dealkylation sites (tertiary alicyclic amines) is 2. The van der Waals surface area contributed by atoms with Gasteiger partial charge in [-0.1, -0.05) is 35.9 Å². The maximum absolute atomic E-state index is 13.0. The van der Waals surface area contributed by atoms with Gasteiger partial charge in [0.15, 0.2) is 0 Å². The van der Waals surface area contributed by atoms with Crippen LogP contribution in [0.1, 0.15) is 48.0 Å². The van der Waals surface area contributed by atoms with Crippen molar-refractivity contribution >= 4 is 29.1 Å². The summed E-state index contributed by atoms with van der Waals surface area (Å²) in [4.78, 5) is 30.2. The Bertz CT molecular complexity index is 918. The van der Waals surface area contributed by atoms with E-state index < -0.39 is 0 Å². The quantitative estimate of drug-likeness (QED) is 0.726. The number of carbonyl (C=O) groups excluding carboxylic acids is 2. The monoisotopic (exact) mass is 439 g/mol.